The van der Waals surface area contributed by atoms with E-state index in [9.17, 15) is 9.59 Å². The number of amides is 1. The maximum atomic E-state index is 13.5. The van der Waals surface area contributed by atoms with Gasteiger partial charge in [0.25, 0.3) is 11.5 Å². The number of rotatable bonds is 6. The van der Waals surface area contributed by atoms with E-state index in [1.807, 2.05) is 31.2 Å². The Balaban J connectivity index is 1.44. The molecule has 1 N–H and O–H groups in total. The van der Waals surface area contributed by atoms with Crippen LogP contribution in [0.25, 0.3) is 11.2 Å². The molecule has 1 atom stereocenters. The van der Waals surface area contributed by atoms with Crippen LogP contribution in [0.3, 0.4) is 0 Å². The van der Waals surface area contributed by atoms with E-state index in [-0.39, 0.29) is 22.9 Å². The van der Waals surface area contributed by atoms with Crippen LogP contribution >= 0.6 is 0 Å². The van der Waals surface area contributed by atoms with Gasteiger partial charge in [-0.1, -0.05) is 41.1 Å². The average Bonchev–Trinajstić information content (AvgIpc) is 3.32. The Morgan fingerprint density at radius 3 is 2.53 bits per heavy atom. The summed E-state index contributed by atoms with van der Waals surface area (Å²) in [6.45, 7) is 3.49. The zero-order chi connectivity index (χ0) is 25.2. The summed E-state index contributed by atoms with van der Waals surface area (Å²) < 4.78 is 12.5. The summed E-state index contributed by atoms with van der Waals surface area (Å²) in [5, 5.41) is 8.23. The van der Waals surface area contributed by atoms with E-state index in [1.165, 1.54) is 19.8 Å². The summed E-state index contributed by atoms with van der Waals surface area (Å²) in [5.41, 5.74) is 2.90. The first-order chi connectivity index (χ1) is 17.5. The van der Waals surface area contributed by atoms with E-state index in [4.69, 9.17) is 14.5 Å². The van der Waals surface area contributed by atoms with E-state index in [1.54, 1.807) is 27.8 Å². The van der Waals surface area contributed by atoms with Crippen LogP contribution in [0.15, 0.2) is 47.3 Å². The third-order valence-corrected chi connectivity index (χ3v) is 6.58. The molecule has 10 nitrogen and oxygen atoms in total. The number of carbonyl (C=O) groups is 1. The molecule has 0 bridgehead atoms. The van der Waals surface area contributed by atoms with Crippen LogP contribution in [-0.4, -0.2) is 63.1 Å². The molecule has 1 saturated heterocycles. The van der Waals surface area contributed by atoms with Crippen LogP contribution in [0.4, 0.5) is 0 Å². The van der Waals surface area contributed by atoms with Crippen molar-refractivity contribution in [3.05, 3.63) is 75.3 Å². The molecule has 1 aliphatic rings. The average molecular weight is 489 g/mol. The van der Waals surface area contributed by atoms with Gasteiger partial charge in [0.15, 0.2) is 11.2 Å². The summed E-state index contributed by atoms with van der Waals surface area (Å²) in [6.07, 6.45) is 1.57. The smallest absolute Gasteiger partial charge is 0.281 e. The minimum absolute atomic E-state index is 0.136. The molecule has 0 spiro atoms. The normalized spacial score (nSPS) is 15.8. The van der Waals surface area contributed by atoms with Crippen molar-refractivity contribution >= 4 is 17.1 Å². The van der Waals surface area contributed by atoms with Gasteiger partial charge in [-0.05, 0) is 37.5 Å². The minimum Gasteiger partial charge on any atom is -0.496 e. The first-order valence-corrected chi connectivity index (χ1v) is 11.9. The molecule has 2 aromatic carbocycles. The Morgan fingerprint density at radius 1 is 1.11 bits per heavy atom. The number of piperidine rings is 1. The molecule has 3 heterocycles. The lowest BCUT2D eigenvalue weighted by atomic mass is 9.96. The van der Waals surface area contributed by atoms with Crippen LogP contribution in [0.5, 0.6) is 11.5 Å². The van der Waals surface area contributed by atoms with E-state index >= 15 is 0 Å². The molecule has 4 aromatic rings. The number of likely N-dealkylation sites (tertiary alicyclic amines) is 1. The molecule has 1 fully saturated rings. The van der Waals surface area contributed by atoms with Crippen molar-refractivity contribution in [2.75, 3.05) is 27.3 Å². The number of H-pyrrole nitrogens is 1. The highest BCUT2D eigenvalue weighted by Gasteiger charge is 2.31. The van der Waals surface area contributed by atoms with Gasteiger partial charge in [-0.2, -0.15) is 0 Å². The van der Waals surface area contributed by atoms with Gasteiger partial charge >= 0.3 is 0 Å². The second-order valence-electron chi connectivity index (χ2n) is 8.98. The molecule has 1 amide bonds. The number of aryl methyl sites for hydroxylation is 1. The van der Waals surface area contributed by atoms with Gasteiger partial charge in [0, 0.05) is 19.0 Å². The van der Waals surface area contributed by atoms with Crippen molar-refractivity contribution in [1.82, 2.24) is 29.9 Å². The van der Waals surface area contributed by atoms with E-state index in [0.717, 1.165) is 18.4 Å². The van der Waals surface area contributed by atoms with Crippen molar-refractivity contribution in [2.45, 2.75) is 32.2 Å². The predicted molar refractivity (Wildman–Crippen MR) is 134 cm³/mol. The number of hydrogen-bond donors (Lipinski definition) is 1. The monoisotopic (exact) mass is 488 g/mol. The van der Waals surface area contributed by atoms with Crippen LogP contribution in [0, 0.1) is 6.92 Å². The summed E-state index contributed by atoms with van der Waals surface area (Å²) in [6, 6.07) is 13.4. The molecule has 2 aromatic heterocycles. The SMILES string of the molecule is COc1cccc(OC)c1C(=O)N1CCCC(c2nc3c(nnn3Cc3ccc(C)cc3)c(=O)[nH]2)C1. The summed E-state index contributed by atoms with van der Waals surface area (Å²) in [5.74, 6) is 1.14. The molecule has 10 heteroatoms. The standard InChI is InChI=1S/C26H28N6O4/c1-16-9-11-17(12-10-16)14-32-24-22(29-30-32)25(33)28-23(27-24)18-6-5-13-31(15-18)26(34)21-19(35-2)7-4-8-20(21)36-3/h4,7-12,18H,5-6,13-15H2,1-3H3,(H,27,28,33). The van der Waals surface area contributed by atoms with Crippen LogP contribution in [0.1, 0.15) is 46.1 Å². The number of aromatic nitrogens is 5. The van der Waals surface area contributed by atoms with Gasteiger partial charge in [-0.15, -0.1) is 5.10 Å². The molecule has 186 valence electrons. The molecule has 36 heavy (non-hydrogen) atoms. The summed E-state index contributed by atoms with van der Waals surface area (Å²) in [4.78, 5) is 35.7. The largest absolute Gasteiger partial charge is 0.496 e. The van der Waals surface area contributed by atoms with Gasteiger partial charge < -0.3 is 19.4 Å². The third-order valence-electron chi connectivity index (χ3n) is 6.58. The maximum absolute atomic E-state index is 13.5. The van der Waals surface area contributed by atoms with Crippen molar-refractivity contribution < 1.29 is 14.3 Å². The van der Waals surface area contributed by atoms with Crippen LogP contribution < -0.4 is 15.0 Å². The number of nitrogens with zero attached hydrogens (tertiary/aromatic N) is 5. The molecular weight excluding hydrogens is 460 g/mol. The van der Waals surface area contributed by atoms with Gasteiger partial charge in [0.2, 0.25) is 0 Å². The Labute approximate surface area is 207 Å². The molecular formula is C26H28N6O4. The number of carbonyl (C=O) groups excluding carboxylic acids is 1. The van der Waals surface area contributed by atoms with Gasteiger partial charge in [-0.3, -0.25) is 9.59 Å². The zero-order valence-electron chi connectivity index (χ0n) is 20.5. The highest BCUT2D eigenvalue weighted by molar-refractivity contribution is 5.99. The number of hydrogen-bond acceptors (Lipinski definition) is 7. The number of ether oxygens (including phenoxy) is 2. The minimum atomic E-state index is -0.333. The van der Waals surface area contributed by atoms with Crippen molar-refractivity contribution in [3.8, 4) is 11.5 Å². The number of aromatic amines is 1. The number of methoxy groups -OCH3 is 2. The lowest BCUT2D eigenvalue weighted by Gasteiger charge is -2.32. The molecule has 0 saturated carbocycles. The summed E-state index contributed by atoms with van der Waals surface area (Å²) >= 11 is 0. The Hall–Kier alpha value is -4.21. The number of fused-ring (bicyclic) bond motifs is 1. The number of nitrogens with one attached hydrogen (secondary N) is 1. The quantitative estimate of drug-likeness (QED) is 0.444. The zero-order valence-corrected chi connectivity index (χ0v) is 20.5. The molecule has 1 aliphatic heterocycles. The van der Waals surface area contributed by atoms with E-state index < -0.39 is 0 Å². The van der Waals surface area contributed by atoms with E-state index in [0.29, 0.717) is 48.2 Å². The Bertz CT molecular complexity index is 1440. The van der Waals surface area contributed by atoms with Crippen molar-refractivity contribution in [1.29, 1.82) is 0 Å². The van der Waals surface area contributed by atoms with Crippen molar-refractivity contribution in [2.24, 2.45) is 0 Å². The molecule has 0 aliphatic carbocycles. The molecule has 1 unspecified atom stereocenters. The van der Waals surface area contributed by atoms with E-state index in [2.05, 4.69) is 15.3 Å². The number of benzene rings is 2. The summed E-state index contributed by atoms with van der Waals surface area (Å²) in [7, 11) is 3.06. The van der Waals surface area contributed by atoms with Crippen LogP contribution in [0.2, 0.25) is 0 Å². The second-order valence-corrected chi connectivity index (χ2v) is 8.98. The first kappa shape index (κ1) is 23.5. The lowest BCUT2D eigenvalue weighted by molar-refractivity contribution is 0.0697. The maximum Gasteiger partial charge on any atom is 0.281 e. The van der Waals surface area contributed by atoms with Crippen LogP contribution in [-0.2, 0) is 6.54 Å². The first-order valence-electron chi connectivity index (χ1n) is 11.9. The Kier molecular flexibility index (Phi) is 6.41. The molecule has 5 rings (SSSR count). The Morgan fingerprint density at radius 2 is 1.83 bits per heavy atom. The fourth-order valence-corrected chi connectivity index (χ4v) is 4.65. The lowest BCUT2D eigenvalue weighted by Crippen LogP contribution is -2.40. The fraction of sp³-hybridized carbons (Fsp3) is 0.346. The topological polar surface area (TPSA) is 115 Å². The van der Waals surface area contributed by atoms with Crippen molar-refractivity contribution in [3.63, 3.8) is 0 Å². The third kappa shape index (κ3) is 4.41. The van der Waals surface area contributed by atoms with Gasteiger partial charge in [0.05, 0.1) is 20.8 Å². The fourth-order valence-electron chi connectivity index (χ4n) is 4.65. The van der Waals surface area contributed by atoms with Gasteiger partial charge in [0.1, 0.15) is 22.9 Å². The highest BCUT2D eigenvalue weighted by Crippen LogP contribution is 2.32. The van der Waals surface area contributed by atoms with Gasteiger partial charge in [-0.25, -0.2) is 9.67 Å². The second kappa shape index (κ2) is 9.80. The predicted octanol–water partition coefficient (Wildman–Crippen LogP) is 2.91. The molecule has 0 radical (unpaired) electrons. The highest BCUT2D eigenvalue weighted by atomic mass is 16.5.